The molecule has 4 rings (SSSR count). The maximum Gasteiger partial charge on any atom is 0.264 e. The first kappa shape index (κ1) is 19.3. The number of alkyl halides is 2. The highest BCUT2D eigenvalue weighted by Crippen LogP contribution is 2.31. The summed E-state index contributed by atoms with van der Waals surface area (Å²) in [5.41, 5.74) is 2.48. The summed E-state index contributed by atoms with van der Waals surface area (Å²) in [6, 6.07) is 3.37. The fourth-order valence-electron chi connectivity index (χ4n) is 4.11. The number of hydrogen-bond donors (Lipinski definition) is 2. The average Bonchev–Trinajstić information content (AvgIpc) is 2.67. The van der Waals surface area contributed by atoms with Crippen LogP contribution in [0.3, 0.4) is 0 Å². The van der Waals surface area contributed by atoms with Gasteiger partial charge in [0.05, 0.1) is 19.3 Å². The fraction of sp³-hybridized carbons (Fsp3) is 0.571. The Hall–Kier alpha value is -1.99. The molecule has 2 fully saturated rings. The molecular formula is C21H28F2N4O. The smallest absolute Gasteiger partial charge is 0.264 e. The van der Waals surface area contributed by atoms with Crippen molar-refractivity contribution in [3.8, 4) is 0 Å². The van der Waals surface area contributed by atoms with Gasteiger partial charge in [0.25, 0.3) is 6.43 Å². The Kier molecular flexibility index (Phi) is 5.92. The number of aromatic nitrogens is 1. The molecule has 3 aliphatic rings. The van der Waals surface area contributed by atoms with Gasteiger partial charge < -0.3 is 15.4 Å². The minimum absolute atomic E-state index is 0.0175. The van der Waals surface area contributed by atoms with Gasteiger partial charge >= 0.3 is 0 Å². The van der Waals surface area contributed by atoms with Gasteiger partial charge in [-0.2, -0.15) is 0 Å². The molecule has 0 radical (unpaired) electrons. The van der Waals surface area contributed by atoms with E-state index >= 15 is 0 Å². The van der Waals surface area contributed by atoms with Gasteiger partial charge in [0, 0.05) is 17.5 Å². The van der Waals surface area contributed by atoms with Crippen molar-refractivity contribution >= 4 is 5.82 Å². The van der Waals surface area contributed by atoms with Crippen LogP contribution in [0.15, 0.2) is 41.8 Å². The van der Waals surface area contributed by atoms with Gasteiger partial charge in [0.1, 0.15) is 12.0 Å². The molecule has 0 saturated carbocycles. The second kappa shape index (κ2) is 8.57. The number of ether oxygens (including phenoxy) is 1. The second-order valence-corrected chi connectivity index (χ2v) is 7.73. The first-order valence-corrected chi connectivity index (χ1v) is 10.1. The topological polar surface area (TPSA) is 49.4 Å². The number of nitrogens with one attached hydrogen (secondary N) is 2. The zero-order chi connectivity index (χ0) is 19.5. The number of piperidine rings is 1. The molecule has 0 bridgehead atoms. The maximum atomic E-state index is 13.0. The lowest BCUT2D eigenvalue weighted by molar-refractivity contribution is -0.0724. The number of anilines is 1. The van der Waals surface area contributed by atoms with Crippen molar-refractivity contribution < 1.29 is 13.5 Å². The molecule has 5 nitrogen and oxygen atoms in total. The van der Waals surface area contributed by atoms with Crippen LogP contribution in [0.5, 0.6) is 0 Å². The predicted molar refractivity (Wildman–Crippen MR) is 105 cm³/mol. The molecule has 3 aliphatic heterocycles. The Morgan fingerprint density at radius 3 is 2.75 bits per heavy atom. The second-order valence-electron chi connectivity index (χ2n) is 7.73. The lowest BCUT2D eigenvalue weighted by Gasteiger charge is -2.42. The molecule has 1 aromatic rings. The molecule has 0 spiro atoms. The number of nitrogens with zero attached hydrogens (tertiary/aromatic N) is 2. The van der Waals surface area contributed by atoms with Crippen LogP contribution in [0.4, 0.5) is 14.6 Å². The van der Waals surface area contributed by atoms with Crippen LogP contribution in [0.2, 0.25) is 0 Å². The average molecular weight is 390 g/mol. The van der Waals surface area contributed by atoms with Crippen LogP contribution in [0.25, 0.3) is 0 Å². The van der Waals surface area contributed by atoms with E-state index in [0.717, 1.165) is 51.3 Å². The molecule has 152 valence electrons. The molecule has 4 heterocycles. The molecule has 0 aromatic carbocycles. The fourth-order valence-corrected chi connectivity index (χ4v) is 4.11. The number of likely N-dealkylation sites (tertiary alicyclic amines) is 1. The Morgan fingerprint density at radius 1 is 1.32 bits per heavy atom. The highest BCUT2D eigenvalue weighted by atomic mass is 19.3. The Bertz CT molecular complexity index is 740. The summed E-state index contributed by atoms with van der Waals surface area (Å²) in [6.07, 6.45) is 6.41. The number of pyridine rings is 1. The Labute approximate surface area is 164 Å². The van der Waals surface area contributed by atoms with E-state index in [2.05, 4.69) is 39.6 Å². The van der Waals surface area contributed by atoms with E-state index < -0.39 is 6.43 Å². The lowest BCUT2D eigenvalue weighted by Crippen LogP contribution is -2.52. The minimum Gasteiger partial charge on any atom is -0.378 e. The zero-order valence-electron chi connectivity index (χ0n) is 16.2. The molecule has 1 unspecified atom stereocenters. The quantitative estimate of drug-likeness (QED) is 0.776. The van der Waals surface area contributed by atoms with E-state index in [0.29, 0.717) is 17.8 Å². The third kappa shape index (κ3) is 4.36. The van der Waals surface area contributed by atoms with Crippen LogP contribution in [0, 0.1) is 5.92 Å². The summed E-state index contributed by atoms with van der Waals surface area (Å²) >= 11 is 0. The molecule has 0 aliphatic carbocycles. The normalized spacial score (nSPS) is 24.4. The van der Waals surface area contributed by atoms with Gasteiger partial charge in [-0.25, -0.2) is 13.8 Å². The summed E-state index contributed by atoms with van der Waals surface area (Å²) in [5, 5.41) is 6.69. The number of halogens is 2. The molecule has 0 amide bonds. The van der Waals surface area contributed by atoms with Crippen LogP contribution in [-0.2, 0) is 4.74 Å². The SMILES string of the molecule is CCC1=CC(C2CCN(C3COC3)CC2)=CC(Nc2cc(C(F)F)ccn2)N1. The molecule has 1 atom stereocenters. The summed E-state index contributed by atoms with van der Waals surface area (Å²) < 4.78 is 31.2. The van der Waals surface area contributed by atoms with Crippen molar-refractivity contribution in [1.82, 2.24) is 15.2 Å². The summed E-state index contributed by atoms with van der Waals surface area (Å²) in [6.45, 7) is 6.07. The number of dihydropyridines is 1. The number of rotatable bonds is 6. The molecule has 2 N–H and O–H groups in total. The number of hydrogen-bond acceptors (Lipinski definition) is 5. The minimum atomic E-state index is -2.49. The van der Waals surface area contributed by atoms with E-state index in [-0.39, 0.29) is 11.7 Å². The molecule has 1 aromatic heterocycles. The van der Waals surface area contributed by atoms with Gasteiger partial charge in [-0.15, -0.1) is 0 Å². The first-order chi connectivity index (χ1) is 13.6. The monoisotopic (exact) mass is 390 g/mol. The third-order valence-electron chi connectivity index (χ3n) is 5.90. The van der Waals surface area contributed by atoms with E-state index in [9.17, 15) is 8.78 Å². The zero-order valence-corrected chi connectivity index (χ0v) is 16.2. The van der Waals surface area contributed by atoms with Crippen molar-refractivity contribution in [1.29, 1.82) is 0 Å². The Balaban J connectivity index is 1.43. The van der Waals surface area contributed by atoms with Gasteiger partial charge in [-0.05, 0) is 68.1 Å². The molecule has 28 heavy (non-hydrogen) atoms. The van der Waals surface area contributed by atoms with Crippen LogP contribution in [-0.4, -0.2) is 48.4 Å². The Morgan fingerprint density at radius 2 is 2.11 bits per heavy atom. The van der Waals surface area contributed by atoms with Gasteiger partial charge in [0.2, 0.25) is 0 Å². The van der Waals surface area contributed by atoms with Crippen molar-refractivity contribution in [2.45, 2.75) is 44.8 Å². The predicted octanol–water partition coefficient (Wildman–Crippen LogP) is 3.69. The van der Waals surface area contributed by atoms with E-state index in [1.54, 1.807) is 0 Å². The van der Waals surface area contributed by atoms with Crippen LogP contribution < -0.4 is 10.6 Å². The standard InChI is InChI=1S/C21H28F2N4O/c1-2-17-9-16(14-4-7-27(8-5-14)18-12-28-13-18)11-20(25-17)26-19-10-15(21(22)23)3-6-24-19/h3,6,9-11,14,18,20-21,25H,2,4-5,7-8,12-13H2,1H3,(H,24,26). The van der Waals surface area contributed by atoms with Crippen LogP contribution in [0.1, 0.15) is 38.2 Å². The van der Waals surface area contributed by atoms with E-state index in [4.69, 9.17) is 4.74 Å². The summed E-state index contributed by atoms with van der Waals surface area (Å²) in [7, 11) is 0. The summed E-state index contributed by atoms with van der Waals surface area (Å²) in [4.78, 5) is 6.74. The van der Waals surface area contributed by atoms with E-state index in [1.807, 2.05) is 0 Å². The van der Waals surface area contributed by atoms with Crippen LogP contribution >= 0.6 is 0 Å². The maximum absolute atomic E-state index is 13.0. The largest absolute Gasteiger partial charge is 0.378 e. The molecule has 2 saturated heterocycles. The van der Waals surface area contributed by atoms with Crippen molar-refractivity contribution in [3.05, 3.63) is 47.3 Å². The number of allylic oxidation sites excluding steroid dienone is 3. The third-order valence-corrected chi connectivity index (χ3v) is 5.90. The van der Waals surface area contributed by atoms with Gasteiger partial charge in [-0.3, -0.25) is 4.90 Å². The van der Waals surface area contributed by atoms with Gasteiger partial charge in [0.15, 0.2) is 0 Å². The highest BCUT2D eigenvalue weighted by Gasteiger charge is 2.31. The molecular weight excluding hydrogens is 362 g/mol. The van der Waals surface area contributed by atoms with Crippen molar-refractivity contribution in [2.75, 3.05) is 31.6 Å². The highest BCUT2D eigenvalue weighted by molar-refractivity contribution is 5.43. The van der Waals surface area contributed by atoms with E-state index in [1.165, 1.54) is 23.9 Å². The van der Waals surface area contributed by atoms with Crippen molar-refractivity contribution in [3.63, 3.8) is 0 Å². The first-order valence-electron chi connectivity index (χ1n) is 10.1. The van der Waals surface area contributed by atoms with Crippen molar-refractivity contribution in [2.24, 2.45) is 5.92 Å². The lowest BCUT2D eigenvalue weighted by atomic mass is 9.86. The molecule has 7 heteroatoms. The van der Waals surface area contributed by atoms with Gasteiger partial charge in [-0.1, -0.05) is 6.92 Å². The summed E-state index contributed by atoms with van der Waals surface area (Å²) in [5.74, 6) is 0.994.